The second kappa shape index (κ2) is 7.43. The normalized spacial score (nSPS) is 15.8. The average molecular weight is 415 g/mol. The van der Waals surface area contributed by atoms with E-state index in [0.717, 1.165) is 35.2 Å². The number of aliphatic hydroxyl groups excluding tert-OH is 1. The lowest BCUT2D eigenvalue weighted by Gasteiger charge is -2.30. The van der Waals surface area contributed by atoms with Gasteiger partial charge in [0.2, 0.25) is 0 Å². The second-order valence-electron chi connectivity index (χ2n) is 6.94. The summed E-state index contributed by atoms with van der Waals surface area (Å²) < 4.78 is 8.50. The van der Waals surface area contributed by atoms with Crippen molar-refractivity contribution >= 4 is 26.8 Å². The van der Waals surface area contributed by atoms with Crippen molar-refractivity contribution in [3.05, 3.63) is 64.3 Å². The van der Waals surface area contributed by atoms with Crippen LogP contribution in [0.15, 0.2) is 53.1 Å². The van der Waals surface area contributed by atoms with Gasteiger partial charge < -0.3 is 14.4 Å². The van der Waals surface area contributed by atoms with E-state index in [0.29, 0.717) is 13.1 Å². The van der Waals surface area contributed by atoms with Gasteiger partial charge in [0.15, 0.2) is 0 Å². The molecular formula is C21H23BrN2O2. The Morgan fingerprint density at radius 3 is 2.85 bits per heavy atom. The molecule has 2 aromatic carbocycles. The van der Waals surface area contributed by atoms with Gasteiger partial charge in [0.1, 0.15) is 5.75 Å². The van der Waals surface area contributed by atoms with Crippen molar-refractivity contribution in [2.24, 2.45) is 0 Å². The number of hydrogen-bond donors (Lipinski definition) is 1. The van der Waals surface area contributed by atoms with Gasteiger partial charge in [-0.3, -0.25) is 4.90 Å². The Kier molecular flexibility index (Phi) is 5.02. The first-order chi connectivity index (χ1) is 12.6. The van der Waals surface area contributed by atoms with Crippen molar-refractivity contribution in [2.75, 3.05) is 20.2 Å². The average Bonchev–Trinajstić information content (AvgIpc) is 3.03. The lowest BCUT2D eigenvalue weighted by molar-refractivity contribution is 0.0927. The van der Waals surface area contributed by atoms with Crippen LogP contribution in [0.5, 0.6) is 5.75 Å². The van der Waals surface area contributed by atoms with Gasteiger partial charge >= 0.3 is 0 Å². The van der Waals surface area contributed by atoms with Crippen LogP contribution in [0, 0.1) is 0 Å². The maximum atomic E-state index is 10.6. The van der Waals surface area contributed by atoms with E-state index in [-0.39, 0.29) is 0 Å². The number of rotatable bonds is 5. The molecule has 0 saturated heterocycles. The van der Waals surface area contributed by atoms with E-state index >= 15 is 0 Å². The van der Waals surface area contributed by atoms with E-state index in [9.17, 15) is 5.11 Å². The van der Waals surface area contributed by atoms with Crippen LogP contribution in [-0.4, -0.2) is 40.9 Å². The van der Waals surface area contributed by atoms with Gasteiger partial charge in [-0.2, -0.15) is 0 Å². The van der Waals surface area contributed by atoms with Gasteiger partial charge in [0.25, 0.3) is 0 Å². The molecule has 0 aliphatic carbocycles. The third-order valence-electron chi connectivity index (χ3n) is 5.12. The molecule has 0 saturated carbocycles. The van der Waals surface area contributed by atoms with Crippen LogP contribution in [0.3, 0.4) is 0 Å². The number of halogens is 1. The summed E-state index contributed by atoms with van der Waals surface area (Å²) in [7, 11) is 1.71. The lowest BCUT2D eigenvalue weighted by Crippen LogP contribution is -2.38. The number of fused-ring (bicyclic) bond motifs is 2. The van der Waals surface area contributed by atoms with Crippen molar-refractivity contribution in [3.8, 4) is 5.75 Å². The van der Waals surface area contributed by atoms with Gasteiger partial charge in [-0.15, -0.1) is 0 Å². The third kappa shape index (κ3) is 3.65. The maximum Gasteiger partial charge on any atom is 0.119 e. The Labute approximate surface area is 162 Å². The summed E-state index contributed by atoms with van der Waals surface area (Å²) in [6, 6.07) is 14.6. The molecule has 0 fully saturated rings. The number of aliphatic hydroxyl groups is 1. The number of hydrogen-bond acceptors (Lipinski definition) is 3. The molecule has 0 radical (unpaired) electrons. The summed E-state index contributed by atoms with van der Waals surface area (Å²) in [4.78, 5) is 2.33. The molecular weight excluding hydrogens is 392 g/mol. The van der Waals surface area contributed by atoms with Crippen molar-refractivity contribution < 1.29 is 9.84 Å². The van der Waals surface area contributed by atoms with Gasteiger partial charge in [0, 0.05) is 42.4 Å². The SMILES string of the molecule is COc1ccc2c(c1)CCN(C[C@@H](O)Cn1ccc3ccc(Br)cc31)C2. The van der Waals surface area contributed by atoms with Crippen molar-refractivity contribution in [1.82, 2.24) is 9.47 Å². The highest BCUT2D eigenvalue weighted by Crippen LogP contribution is 2.24. The summed E-state index contributed by atoms with van der Waals surface area (Å²) in [5.74, 6) is 0.919. The van der Waals surface area contributed by atoms with Crippen LogP contribution < -0.4 is 4.74 Å². The van der Waals surface area contributed by atoms with Crippen molar-refractivity contribution in [2.45, 2.75) is 25.6 Å². The highest BCUT2D eigenvalue weighted by molar-refractivity contribution is 9.10. The molecule has 4 rings (SSSR count). The van der Waals surface area contributed by atoms with Crippen molar-refractivity contribution in [1.29, 1.82) is 0 Å². The van der Waals surface area contributed by atoms with Crippen LogP contribution >= 0.6 is 15.9 Å². The first-order valence-electron chi connectivity index (χ1n) is 8.93. The molecule has 1 aliphatic rings. The first kappa shape index (κ1) is 17.6. The quantitative estimate of drug-likeness (QED) is 0.689. The van der Waals surface area contributed by atoms with E-state index in [1.54, 1.807) is 7.11 Å². The summed E-state index contributed by atoms with van der Waals surface area (Å²) >= 11 is 3.53. The molecule has 136 valence electrons. The predicted molar refractivity (Wildman–Crippen MR) is 108 cm³/mol. The molecule has 0 bridgehead atoms. The summed E-state index contributed by atoms with van der Waals surface area (Å²) in [5.41, 5.74) is 3.84. The van der Waals surface area contributed by atoms with Gasteiger partial charge in [-0.1, -0.05) is 28.1 Å². The number of ether oxygens (including phenoxy) is 1. The van der Waals surface area contributed by atoms with Gasteiger partial charge in [-0.05, 0) is 53.3 Å². The Morgan fingerprint density at radius 2 is 2.00 bits per heavy atom. The fourth-order valence-electron chi connectivity index (χ4n) is 3.77. The predicted octanol–water partition coefficient (Wildman–Crippen LogP) is 3.83. The Balaban J connectivity index is 1.41. The largest absolute Gasteiger partial charge is 0.497 e. The summed E-state index contributed by atoms with van der Waals surface area (Å²) in [6.07, 6.45) is 2.65. The summed E-state index contributed by atoms with van der Waals surface area (Å²) in [5, 5.41) is 11.8. The van der Waals surface area contributed by atoms with Crippen LogP contribution in [-0.2, 0) is 19.5 Å². The minimum atomic E-state index is -0.399. The van der Waals surface area contributed by atoms with E-state index < -0.39 is 6.10 Å². The van der Waals surface area contributed by atoms with Gasteiger partial charge in [-0.25, -0.2) is 0 Å². The second-order valence-corrected chi connectivity index (χ2v) is 7.86. The Bertz CT molecular complexity index is 922. The zero-order valence-electron chi connectivity index (χ0n) is 14.9. The molecule has 2 heterocycles. The fraction of sp³-hybridized carbons (Fsp3) is 0.333. The smallest absolute Gasteiger partial charge is 0.119 e. The van der Waals surface area contributed by atoms with E-state index in [2.05, 4.69) is 61.9 Å². The highest BCUT2D eigenvalue weighted by Gasteiger charge is 2.19. The molecule has 26 heavy (non-hydrogen) atoms. The molecule has 5 heteroatoms. The molecule has 1 atom stereocenters. The molecule has 0 spiro atoms. The molecule has 4 nitrogen and oxygen atoms in total. The molecule has 0 unspecified atom stereocenters. The first-order valence-corrected chi connectivity index (χ1v) is 9.72. The molecule has 0 amide bonds. The van der Waals surface area contributed by atoms with E-state index in [1.165, 1.54) is 16.5 Å². The molecule has 1 aliphatic heterocycles. The molecule has 1 N–H and O–H groups in total. The third-order valence-corrected chi connectivity index (χ3v) is 5.61. The van der Waals surface area contributed by atoms with Crippen LogP contribution in [0.4, 0.5) is 0 Å². The van der Waals surface area contributed by atoms with Crippen molar-refractivity contribution in [3.63, 3.8) is 0 Å². The zero-order valence-corrected chi connectivity index (χ0v) is 16.4. The number of methoxy groups -OCH3 is 1. The van der Waals surface area contributed by atoms with Crippen LogP contribution in [0.1, 0.15) is 11.1 Å². The van der Waals surface area contributed by atoms with Crippen LogP contribution in [0.2, 0.25) is 0 Å². The zero-order chi connectivity index (χ0) is 18.1. The fourth-order valence-corrected chi connectivity index (χ4v) is 4.12. The maximum absolute atomic E-state index is 10.6. The minimum absolute atomic E-state index is 0.399. The van der Waals surface area contributed by atoms with E-state index in [1.807, 2.05) is 12.1 Å². The lowest BCUT2D eigenvalue weighted by atomic mass is 9.99. The number of benzene rings is 2. The number of nitrogens with zero attached hydrogens (tertiary/aromatic N) is 2. The topological polar surface area (TPSA) is 37.6 Å². The number of β-amino-alcohol motifs (C(OH)–C–C–N with tert-alkyl or cyclic N) is 1. The highest BCUT2D eigenvalue weighted by atomic mass is 79.9. The van der Waals surface area contributed by atoms with Crippen LogP contribution in [0.25, 0.3) is 10.9 Å². The van der Waals surface area contributed by atoms with E-state index in [4.69, 9.17) is 4.74 Å². The van der Waals surface area contributed by atoms with Gasteiger partial charge in [0.05, 0.1) is 13.2 Å². The summed E-state index contributed by atoms with van der Waals surface area (Å²) in [6.45, 7) is 3.13. The standard InChI is InChI=1S/C21H23BrN2O2/c1-26-20-5-3-17-12-23(8-6-16(17)10-20)13-19(25)14-24-9-7-15-2-4-18(22)11-21(15)24/h2-5,7,9-11,19,25H,6,8,12-14H2,1H3/t19-/m1/s1. The Hall–Kier alpha value is -1.82. The minimum Gasteiger partial charge on any atom is -0.497 e. The molecule has 3 aromatic rings. The monoisotopic (exact) mass is 414 g/mol. The Morgan fingerprint density at radius 1 is 1.12 bits per heavy atom. The molecule has 1 aromatic heterocycles. The number of aromatic nitrogens is 1.